The van der Waals surface area contributed by atoms with Gasteiger partial charge in [0.15, 0.2) is 0 Å². The highest BCUT2D eigenvalue weighted by Crippen LogP contribution is 2.16. The largest absolute Gasteiger partial charge is 0.494 e. The second-order valence-corrected chi connectivity index (χ2v) is 5.70. The van der Waals surface area contributed by atoms with Crippen LogP contribution in [0.15, 0.2) is 24.3 Å². The number of rotatable bonds is 8. The van der Waals surface area contributed by atoms with Crippen LogP contribution in [0.4, 0.5) is 0 Å². The van der Waals surface area contributed by atoms with Gasteiger partial charge in [-0.1, -0.05) is 12.1 Å². The van der Waals surface area contributed by atoms with Crippen molar-refractivity contribution in [2.75, 3.05) is 6.61 Å². The summed E-state index contributed by atoms with van der Waals surface area (Å²) in [5.41, 5.74) is 0.253. The number of hydrogen-bond donors (Lipinski definition) is 2. The van der Waals surface area contributed by atoms with Crippen LogP contribution in [0, 0.1) is 6.92 Å². The molecule has 0 fully saturated rings. The fraction of sp³-hybridized carbons (Fsp3) is 0.562. The van der Waals surface area contributed by atoms with E-state index in [1.165, 1.54) is 0 Å². The average Bonchev–Trinajstić information content (AvgIpc) is 2.34. The number of nitrogens with one attached hydrogen (secondary N) is 1. The summed E-state index contributed by atoms with van der Waals surface area (Å²) in [6.07, 6.45) is 1.22. The Labute approximate surface area is 121 Å². The van der Waals surface area contributed by atoms with Crippen LogP contribution < -0.4 is 10.1 Å². The van der Waals surface area contributed by atoms with Gasteiger partial charge in [-0.25, -0.2) is 0 Å². The Morgan fingerprint density at radius 1 is 1.45 bits per heavy atom. The first kappa shape index (κ1) is 16.5. The third-order valence-corrected chi connectivity index (χ3v) is 3.16. The average molecular weight is 279 g/mol. The maximum absolute atomic E-state index is 11.4. The highest BCUT2D eigenvalue weighted by Gasteiger charge is 2.32. The lowest BCUT2D eigenvalue weighted by Crippen LogP contribution is -2.52. The molecule has 0 aliphatic rings. The smallest absolute Gasteiger partial charge is 0.323 e. The SMILES string of the molecule is Cc1cccc(OCCCC(C)(NC(C)C)C(=O)O)c1. The molecule has 0 aliphatic carbocycles. The Morgan fingerprint density at radius 3 is 2.70 bits per heavy atom. The van der Waals surface area contributed by atoms with Gasteiger partial charge in [0.2, 0.25) is 0 Å². The number of carboxylic acid groups (broad SMARTS) is 1. The summed E-state index contributed by atoms with van der Waals surface area (Å²) in [6, 6.07) is 7.99. The Morgan fingerprint density at radius 2 is 2.15 bits per heavy atom. The minimum Gasteiger partial charge on any atom is -0.494 e. The fourth-order valence-electron chi connectivity index (χ4n) is 2.20. The van der Waals surface area contributed by atoms with Gasteiger partial charge in [-0.3, -0.25) is 10.1 Å². The Bertz CT molecular complexity index is 445. The van der Waals surface area contributed by atoms with Crippen molar-refractivity contribution in [3.63, 3.8) is 0 Å². The second-order valence-electron chi connectivity index (χ2n) is 5.70. The molecule has 0 bridgehead atoms. The van der Waals surface area contributed by atoms with E-state index in [-0.39, 0.29) is 6.04 Å². The Kier molecular flexibility index (Phi) is 6.02. The molecule has 2 N–H and O–H groups in total. The van der Waals surface area contributed by atoms with E-state index in [9.17, 15) is 9.90 Å². The number of benzene rings is 1. The first-order chi connectivity index (χ1) is 9.33. The molecule has 0 radical (unpaired) electrons. The monoisotopic (exact) mass is 279 g/mol. The van der Waals surface area contributed by atoms with Crippen molar-refractivity contribution in [2.45, 2.75) is 52.1 Å². The molecule has 112 valence electrons. The van der Waals surface area contributed by atoms with E-state index in [0.29, 0.717) is 19.4 Å². The van der Waals surface area contributed by atoms with E-state index in [1.807, 2.05) is 45.0 Å². The number of carboxylic acids is 1. The molecule has 1 aromatic carbocycles. The molecule has 0 heterocycles. The quantitative estimate of drug-likeness (QED) is 0.718. The van der Waals surface area contributed by atoms with Crippen LogP contribution in [0.1, 0.15) is 39.2 Å². The molecular weight excluding hydrogens is 254 g/mol. The first-order valence-corrected chi connectivity index (χ1v) is 7.04. The molecule has 0 spiro atoms. The van der Waals surface area contributed by atoms with Gasteiger partial charge < -0.3 is 9.84 Å². The standard InChI is InChI=1S/C16H25NO3/c1-12(2)17-16(4,15(18)19)9-6-10-20-14-8-5-7-13(3)11-14/h5,7-8,11-12,17H,6,9-10H2,1-4H3,(H,18,19). The highest BCUT2D eigenvalue weighted by atomic mass is 16.5. The molecule has 1 atom stereocenters. The predicted molar refractivity (Wildman–Crippen MR) is 80.2 cm³/mol. The number of carbonyl (C=O) groups is 1. The Hall–Kier alpha value is -1.55. The zero-order chi connectivity index (χ0) is 15.2. The van der Waals surface area contributed by atoms with E-state index in [1.54, 1.807) is 6.92 Å². The van der Waals surface area contributed by atoms with E-state index >= 15 is 0 Å². The van der Waals surface area contributed by atoms with Gasteiger partial charge >= 0.3 is 5.97 Å². The van der Waals surface area contributed by atoms with Gasteiger partial charge in [-0.2, -0.15) is 0 Å². The van der Waals surface area contributed by atoms with Crippen molar-refractivity contribution in [3.05, 3.63) is 29.8 Å². The third kappa shape index (κ3) is 5.21. The molecule has 4 nitrogen and oxygen atoms in total. The molecule has 0 saturated carbocycles. The minimum absolute atomic E-state index is 0.133. The molecule has 0 amide bonds. The van der Waals surface area contributed by atoms with Gasteiger partial charge in [-0.05, 0) is 58.2 Å². The van der Waals surface area contributed by atoms with Gasteiger partial charge in [0, 0.05) is 6.04 Å². The maximum Gasteiger partial charge on any atom is 0.323 e. The Balaban J connectivity index is 2.43. The first-order valence-electron chi connectivity index (χ1n) is 7.04. The fourth-order valence-corrected chi connectivity index (χ4v) is 2.20. The van der Waals surface area contributed by atoms with Crippen LogP contribution in [-0.4, -0.2) is 29.3 Å². The van der Waals surface area contributed by atoms with Gasteiger partial charge in [0.25, 0.3) is 0 Å². The highest BCUT2D eigenvalue weighted by molar-refractivity contribution is 5.78. The predicted octanol–water partition coefficient (Wildman–Crippen LogP) is 3.00. The number of aryl methyl sites for hydroxylation is 1. The molecule has 0 aliphatic heterocycles. The molecule has 0 saturated heterocycles. The van der Waals surface area contributed by atoms with Gasteiger partial charge in [-0.15, -0.1) is 0 Å². The van der Waals surface area contributed by atoms with Crippen LogP contribution in [0.3, 0.4) is 0 Å². The summed E-state index contributed by atoms with van der Waals surface area (Å²) in [5.74, 6) is 0.0144. The lowest BCUT2D eigenvalue weighted by Gasteiger charge is -2.28. The van der Waals surface area contributed by atoms with Crippen molar-refractivity contribution >= 4 is 5.97 Å². The van der Waals surface area contributed by atoms with Crippen molar-refractivity contribution in [1.29, 1.82) is 0 Å². The molecule has 20 heavy (non-hydrogen) atoms. The van der Waals surface area contributed by atoms with Crippen molar-refractivity contribution in [3.8, 4) is 5.75 Å². The summed E-state index contributed by atoms with van der Waals surface area (Å²) in [5, 5.41) is 12.4. The maximum atomic E-state index is 11.4. The molecule has 1 rings (SSSR count). The number of aliphatic carboxylic acids is 1. The summed E-state index contributed by atoms with van der Waals surface area (Å²) in [4.78, 5) is 11.4. The molecule has 0 aromatic heterocycles. The zero-order valence-electron chi connectivity index (χ0n) is 12.8. The van der Waals surface area contributed by atoms with Crippen LogP contribution in [0.2, 0.25) is 0 Å². The molecule has 1 unspecified atom stereocenters. The summed E-state index contributed by atoms with van der Waals surface area (Å²) < 4.78 is 5.65. The summed E-state index contributed by atoms with van der Waals surface area (Å²) in [6.45, 7) is 8.16. The normalized spacial score (nSPS) is 14.1. The summed E-state index contributed by atoms with van der Waals surface area (Å²) in [7, 11) is 0. The van der Waals surface area contributed by atoms with Gasteiger partial charge in [0.05, 0.1) is 6.61 Å². The van der Waals surface area contributed by atoms with Crippen molar-refractivity contribution in [2.24, 2.45) is 0 Å². The third-order valence-electron chi connectivity index (χ3n) is 3.16. The topological polar surface area (TPSA) is 58.6 Å². The number of hydrogen-bond acceptors (Lipinski definition) is 3. The number of ether oxygens (including phenoxy) is 1. The second kappa shape index (κ2) is 7.29. The van der Waals surface area contributed by atoms with Crippen LogP contribution in [-0.2, 0) is 4.79 Å². The van der Waals surface area contributed by atoms with E-state index in [2.05, 4.69) is 5.32 Å². The molecule has 4 heteroatoms. The van der Waals surface area contributed by atoms with Crippen molar-refractivity contribution < 1.29 is 14.6 Å². The minimum atomic E-state index is -0.899. The summed E-state index contributed by atoms with van der Waals surface area (Å²) >= 11 is 0. The van der Waals surface area contributed by atoms with E-state index < -0.39 is 11.5 Å². The molecular formula is C16H25NO3. The van der Waals surface area contributed by atoms with Crippen LogP contribution in [0.25, 0.3) is 0 Å². The molecule has 1 aromatic rings. The lowest BCUT2D eigenvalue weighted by atomic mass is 9.95. The lowest BCUT2D eigenvalue weighted by molar-refractivity contribution is -0.144. The van der Waals surface area contributed by atoms with E-state index in [4.69, 9.17) is 4.74 Å². The van der Waals surface area contributed by atoms with Gasteiger partial charge in [0.1, 0.15) is 11.3 Å². The van der Waals surface area contributed by atoms with E-state index in [0.717, 1.165) is 11.3 Å². The zero-order valence-corrected chi connectivity index (χ0v) is 12.8. The van der Waals surface area contributed by atoms with Crippen LogP contribution >= 0.6 is 0 Å². The van der Waals surface area contributed by atoms with Crippen LogP contribution in [0.5, 0.6) is 5.75 Å². The van der Waals surface area contributed by atoms with Crippen molar-refractivity contribution in [1.82, 2.24) is 5.32 Å².